The number of halogens is 2. The fourth-order valence-electron chi connectivity index (χ4n) is 4.65. The first kappa shape index (κ1) is 27.5. The molecule has 0 saturated carbocycles. The van der Waals surface area contributed by atoms with E-state index >= 15 is 0 Å². The Kier molecular flexibility index (Phi) is 11.6. The van der Waals surface area contributed by atoms with Gasteiger partial charge in [0.05, 0.1) is 11.5 Å². The number of nitrogens with zero attached hydrogens (tertiary/aromatic N) is 3. The van der Waals surface area contributed by atoms with Crippen LogP contribution in [0.3, 0.4) is 0 Å². The summed E-state index contributed by atoms with van der Waals surface area (Å²) >= 11 is 0. The molecule has 1 atom stereocenters. The van der Waals surface area contributed by atoms with E-state index in [1.54, 1.807) is 0 Å². The second kappa shape index (κ2) is 13.1. The van der Waals surface area contributed by atoms with Crippen LogP contribution in [-0.2, 0) is 12.0 Å². The van der Waals surface area contributed by atoms with E-state index in [9.17, 15) is 5.26 Å². The number of benzene rings is 2. The Bertz CT molecular complexity index is 811. The first-order chi connectivity index (χ1) is 14.0. The van der Waals surface area contributed by atoms with E-state index in [1.807, 2.05) is 0 Å². The lowest BCUT2D eigenvalue weighted by atomic mass is 9.68. The van der Waals surface area contributed by atoms with Crippen molar-refractivity contribution in [3.05, 3.63) is 71.3 Å². The standard InChI is InChI=1S/C26H35N3.2ClH/c1-22(2)26(21-27,25-13-8-7-10-23(25)3)14-9-15-28-16-18-29(19-17-28)20-24-11-5-4-6-12-24;;/h4-8,10-13,22H,9,14-20H2,1-3H3;2*1H. The highest BCUT2D eigenvalue weighted by Crippen LogP contribution is 2.38. The summed E-state index contributed by atoms with van der Waals surface area (Å²) in [6.45, 7) is 13.2. The van der Waals surface area contributed by atoms with Crippen LogP contribution in [0, 0.1) is 24.2 Å². The summed E-state index contributed by atoms with van der Waals surface area (Å²) in [4.78, 5) is 5.12. The quantitative estimate of drug-likeness (QED) is 0.493. The van der Waals surface area contributed by atoms with Crippen molar-refractivity contribution in [2.24, 2.45) is 5.92 Å². The third kappa shape index (κ3) is 6.96. The second-order valence-corrected chi connectivity index (χ2v) is 8.76. The lowest BCUT2D eigenvalue weighted by Gasteiger charge is -2.36. The van der Waals surface area contributed by atoms with Gasteiger partial charge in [0.25, 0.3) is 0 Å². The van der Waals surface area contributed by atoms with Crippen LogP contribution in [0.25, 0.3) is 0 Å². The molecule has 1 saturated heterocycles. The highest BCUT2D eigenvalue weighted by molar-refractivity contribution is 5.85. The van der Waals surface area contributed by atoms with Gasteiger partial charge in [-0.1, -0.05) is 68.4 Å². The predicted molar refractivity (Wildman–Crippen MR) is 135 cm³/mol. The third-order valence-corrected chi connectivity index (χ3v) is 6.57. The van der Waals surface area contributed by atoms with Crippen LogP contribution in [0.4, 0.5) is 0 Å². The molecule has 0 amide bonds. The van der Waals surface area contributed by atoms with Gasteiger partial charge in [-0.2, -0.15) is 5.26 Å². The Morgan fingerprint density at radius 1 is 0.903 bits per heavy atom. The molecule has 0 aliphatic carbocycles. The molecule has 0 spiro atoms. The van der Waals surface area contributed by atoms with Crippen LogP contribution < -0.4 is 0 Å². The maximum Gasteiger partial charge on any atom is 0.0848 e. The van der Waals surface area contributed by atoms with E-state index in [2.05, 4.69) is 91.2 Å². The molecular weight excluding hydrogens is 425 g/mol. The molecule has 31 heavy (non-hydrogen) atoms. The Morgan fingerprint density at radius 3 is 2.06 bits per heavy atom. The van der Waals surface area contributed by atoms with Crippen molar-refractivity contribution in [2.45, 2.75) is 45.6 Å². The summed E-state index contributed by atoms with van der Waals surface area (Å²) < 4.78 is 0. The zero-order valence-corrected chi connectivity index (χ0v) is 20.7. The molecule has 1 unspecified atom stereocenters. The Hall–Kier alpha value is -1.57. The van der Waals surface area contributed by atoms with Crippen molar-refractivity contribution in [1.82, 2.24) is 9.80 Å². The minimum Gasteiger partial charge on any atom is -0.301 e. The first-order valence-electron chi connectivity index (χ1n) is 11.0. The van der Waals surface area contributed by atoms with Gasteiger partial charge in [-0.05, 0) is 48.9 Å². The smallest absolute Gasteiger partial charge is 0.0848 e. The molecule has 1 aliphatic heterocycles. The molecule has 1 heterocycles. The number of hydrogen-bond acceptors (Lipinski definition) is 3. The largest absolute Gasteiger partial charge is 0.301 e. The van der Waals surface area contributed by atoms with Crippen molar-refractivity contribution < 1.29 is 0 Å². The predicted octanol–water partition coefficient (Wildman–Crippen LogP) is 5.85. The molecule has 170 valence electrons. The number of aryl methyl sites for hydroxylation is 1. The number of hydrogen-bond donors (Lipinski definition) is 0. The highest BCUT2D eigenvalue weighted by Gasteiger charge is 2.36. The monoisotopic (exact) mass is 461 g/mol. The van der Waals surface area contributed by atoms with Gasteiger partial charge < -0.3 is 4.90 Å². The van der Waals surface area contributed by atoms with E-state index in [-0.39, 0.29) is 30.2 Å². The third-order valence-electron chi connectivity index (χ3n) is 6.57. The molecule has 2 aromatic carbocycles. The number of rotatable bonds is 8. The van der Waals surface area contributed by atoms with Crippen LogP contribution in [0.15, 0.2) is 54.6 Å². The second-order valence-electron chi connectivity index (χ2n) is 8.76. The highest BCUT2D eigenvalue weighted by atomic mass is 35.5. The molecule has 1 fully saturated rings. The Labute approximate surface area is 201 Å². The van der Waals surface area contributed by atoms with E-state index in [4.69, 9.17) is 0 Å². The van der Waals surface area contributed by atoms with Crippen LogP contribution in [0.1, 0.15) is 43.4 Å². The maximum atomic E-state index is 10.2. The SMILES string of the molecule is Cc1ccccc1C(C#N)(CCCN1CCN(Cc2ccccc2)CC1)C(C)C.Cl.Cl. The molecule has 3 nitrogen and oxygen atoms in total. The molecule has 0 bridgehead atoms. The summed E-state index contributed by atoms with van der Waals surface area (Å²) in [5.41, 5.74) is 3.46. The van der Waals surface area contributed by atoms with E-state index in [1.165, 1.54) is 16.7 Å². The van der Waals surface area contributed by atoms with Gasteiger partial charge in [0.2, 0.25) is 0 Å². The molecular formula is C26H37Cl2N3. The number of nitriles is 1. The summed E-state index contributed by atoms with van der Waals surface area (Å²) in [5, 5.41) is 10.2. The summed E-state index contributed by atoms with van der Waals surface area (Å²) in [5.74, 6) is 0.302. The molecule has 1 aliphatic rings. The van der Waals surface area contributed by atoms with E-state index in [0.29, 0.717) is 5.92 Å². The van der Waals surface area contributed by atoms with Crippen LogP contribution in [0.5, 0.6) is 0 Å². The fourth-order valence-corrected chi connectivity index (χ4v) is 4.65. The van der Waals surface area contributed by atoms with Crippen molar-refractivity contribution >= 4 is 24.8 Å². The van der Waals surface area contributed by atoms with E-state index in [0.717, 1.165) is 52.1 Å². The topological polar surface area (TPSA) is 30.3 Å². The van der Waals surface area contributed by atoms with Crippen molar-refractivity contribution in [3.63, 3.8) is 0 Å². The molecule has 0 radical (unpaired) electrons. The lowest BCUT2D eigenvalue weighted by molar-refractivity contribution is 0.123. The Balaban J connectivity index is 0.00000240. The summed E-state index contributed by atoms with van der Waals surface area (Å²) in [7, 11) is 0. The van der Waals surface area contributed by atoms with Gasteiger partial charge in [-0.15, -0.1) is 24.8 Å². The maximum absolute atomic E-state index is 10.2. The first-order valence-corrected chi connectivity index (χ1v) is 11.0. The lowest BCUT2D eigenvalue weighted by Crippen LogP contribution is -2.46. The molecule has 0 aromatic heterocycles. The van der Waals surface area contributed by atoms with Gasteiger partial charge in [0.1, 0.15) is 0 Å². The zero-order chi connectivity index (χ0) is 20.7. The van der Waals surface area contributed by atoms with Crippen molar-refractivity contribution in [1.29, 1.82) is 5.26 Å². The minimum atomic E-state index is -0.388. The fraction of sp³-hybridized carbons (Fsp3) is 0.500. The van der Waals surface area contributed by atoms with Gasteiger partial charge >= 0.3 is 0 Å². The van der Waals surface area contributed by atoms with E-state index < -0.39 is 0 Å². The van der Waals surface area contributed by atoms with Gasteiger partial charge in [0.15, 0.2) is 0 Å². The van der Waals surface area contributed by atoms with Crippen LogP contribution >= 0.6 is 24.8 Å². The van der Waals surface area contributed by atoms with Crippen LogP contribution in [0.2, 0.25) is 0 Å². The number of piperazine rings is 1. The van der Waals surface area contributed by atoms with Crippen LogP contribution in [-0.4, -0.2) is 42.5 Å². The van der Waals surface area contributed by atoms with Gasteiger partial charge in [0, 0.05) is 32.7 Å². The average Bonchev–Trinajstić information content (AvgIpc) is 2.74. The summed E-state index contributed by atoms with van der Waals surface area (Å²) in [6, 6.07) is 21.9. The summed E-state index contributed by atoms with van der Waals surface area (Å²) in [6.07, 6.45) is 2.00. The minimum absolute atomic E-state index is 0. The van der Waals surface area contributed by atoms with Crippen molar-refractivity contribution in [2.75, 3.05) is 32.7 Å². The average molecular weight is 463 g/mol. The molecule has 0 N–H and O–H groups in total. The molecule has 3 rings (SSSR count). The molecule has 5 heteroatoms. The van der Waals surface area contributed by atoms with Crippen molar-refractivity contribution in [3.8, 4) is 6.07 Å². The normalized spacial score (nSPS) is 16.6. The Morgan fingerprint density at radius 2 is 1.48 bits per heavy atom. The molecule has 2 aromatic rings. The zero-order valence-electron chi connectivity index (χ0n) is 19.1. The van der Waals surface area contributed by atoms with Gasteiger partial charge in [-0.25, -0.2) is 0 Å². The van der Waals surface area contributed by atoms with Gasteiger partial charge in [-0.3, -0.25) is 4.90 Å².